The maximum absolute atomic E-state index is 13.3. The molecule has 36 heavy (non-hydrogen) atoms. The number of halogens is 1. The van der Waals surface area contributed by atoms with Crippen LogP contribution in [0.5, 0.6) is 0 Å². The molecule has 7 nitrogen and oxygen atoms in total. The van der Waals surface area contributed by atoms with Crippen LogP contribution >= 0.6 is 11.6 Å². The van der Waals surface area contributed by atoms with Gasteiger partial charge in [-0.3, -0.25) is 4.79 Å². The third-order valence-electron chi connectivity index (χ3n) is 6.88. The van der Waals surface area contributed by atoms with Gasteiger partial charge < -0.3 is 9.80 Å². The number of hydrogen-bond acceptors (Lipinski definition) is 5. The van der Waals surface area contributed by atoms with Crippen molar-refractivity contribution in [3.8, 4) is 11.4 Å². The maximum atomic E-state index is 13.3. The second kappa shape index (κ2) is 8.91. The fourth-order valence-corrected chi connectivity index (χ4v) is 5.10. The number of rotatable bonds is 3. The van der Waals surface area contributed by atoms with Gasteiger partial charge in [-0.05, 0) is 61.9 Å². The molecule has 180 valence electrons. The van der Waals surface area contributed by atoms with Crippen molar-refractivity contribution in [3.63, 3.8) is 0 Å². The Morgan fingerprint density at radius 3 is 2.47 bits per heavy atom. The van der Waals surface area contributed by atoms with Gasteiger partial charge in [-0.2, -0.15) is 0 Å². The Hall–Kier alpha value is -3.97. The van der Waals surface area contributed by atoms with Crippen molar-refractivity contribution < 1.29 is 4.79 Å². The molecule has 1 atom stereocenters. The lowest BCUT2D eigenvalue weighted by Crippen LogP contribution is -2.54. The third-order valence-corrected chi connectivity index (χ3v) is 7.13. The van der Waals surface area contributed by atoms with E-state index in [0.717, 1.165) is 39.2 Å². The van der Waals surface area contributed by atoms with Crippen molar-refractivity contribution in [2.45, 2.75) is 19.9 Å². The summed E-state index contributed by atoms with van der Waals surface area (Å²) < 4.78 is 2.02. The van der Waals surface area contributed by atoms with Crippen molar-refractivity contribution >= 4 is 40.0 Å². The lowest BCUT2D eigenvalue weighted by molar-refractivity contribution is 0.0672. The minimum atomic E-state index is 0.00430. The lowest BCUT2D eigenvalue weighted by Gasteiger charge is -2.40. The first-order valence-corrected chi connectivity index (χ1v) is 12.4. The number of aryl methyl sites for hydroxylation is 1. The van der Waals surface area contributed by atoms with E-state index in [1.807, 2.05) is 89.0 Å². The minimum Gasteiger partial charge on any atom is -0.338 e. The molecule has 0 radical (unpaired) electrons. The summed E-state index contributed by atoms with van der Waals surface area (Å²) in [5, 5.41) is 10.7. The molecule has 2 aromatic heterocycles. The van der Waals surface area contributed by atoms with Crippen molar-refractivity contribution in [3.05, 3.63) is 88.9 Å². The Labute approximate surface area is 214 Å². The van der Waals surface area contributed by atoms with Crippen LogP contribution in [0.2, 0.25) is 5.02 Å². The Kier molecular flexibility index (Phi) is 5.57. The van der Waals surface area contributed by atoms with Crippen LogP contribution in [0.1, 0.15) is 22.8 Å². The van der Waals surface area contributed by atoms with E-state index in [0.29, 0.717) is 30.5 Å². The summed E-state index contributed by atoms with van der Waals surface area (Å²) in [6, 6.07) is 23.3. The van der Waals surface area contributed by atoms with Gasteiger partial charge in [0.1, 0.15) is 0 Å². The van der Waals surface area contributed by atoms with Gasteiger partial charge in [0.05, 0.1) is 5.52 Å². The number of hydrogen-bond donors (Lipinski definition) is 0. The average molecular weight is 497 g/mol. The van der Waals surface area contributed by atoms with E-state index in [2.05, 4.69) is 22.0 Å². The first-order chi connectivity index (χ1) is 17.5. The number of benzene rings is 3. The third kappa shape index (κ3) is 3.76. The molecule has 0 spiro atoms. The number of amides is 1. The smallest absolute Gasteiger partial charge is 0.254 e. The molecular formula is C28H25ClN6O. The summed E-state index contributed by atoms with van der Waals surface area (Å²) in [7, 11) is 0. The summed E-state index contributed by atoms with van der Waals surface area (Å²) in [6.45, 7) is 5.97. The molecule has 0 unspecified atom stereocenters. The van der Waals surface area contributed by atoms with E-state index in [1.165, 1.54) is 0 Å². The van der Waals surface area contributed by atoms with Gasteiger partial charge >= 0.3 is 0 Å². The zero-order valence-electron chi connectivity index (χ0n) is 20.1. The van der Waals surface area contributed by atoms with Crippen LogP contribution < -0.4 is 4.90 Å². The number of para-hydroxylation sites is 1. The average Bonchev–Trinajstić information content (AvgIpc) is 3.34. The highest BCUT2D eigenvalue weighted by Crippen LogP contribution is 2.30. The highest BCUT2D eigenvalue weighted by Gasteiger charge is 2.31. The topological polar surface area (TPSA) is 66.6 Å². The van der Waals surface area contributed by atoms with Crippen LogP contribution in [0, 0.1) is 6.92 Å². The van der Waals surface area contributed by atoms with Crippen molar-refractivity contribution in [1.82, 2.24) is 24.5 Å². The number of fused-ring (bicyclic) bond motifs is 3. The summed E-state index contributed by atoms with van der Waals surface area (Å²) >= 11 is 6.14. The largest absolute Gasteiger partial charge is 0.338 e. The minimum absolute atomic E-state index is 0.00430. The molecule has 0 N–H and O–H groups in total. The predicted molar refractivity (Wildman–Crippen MR) is 143 cm³/mol. The fourth-order valence-electron chi connectivity index (χ4n) is 4.97. The van der Waals surface area contributed by atoms with E-state index in [4.69, 9.17) is 16.6 Å². The highest BCUT2D eigenvalue weighted by molar-refractivity contribution is 6.30. The number of aromatic nitrogens is 4. The summed E-state index contributed by atoms with van der Waals surface area (Å²) in [5.74, 6) is 1.55. The van der Waals surface area contributed by atoms with Crippen LogP contribution in [-0.4, -0.2) is 56.1 Å². The van der Waals surface area contributed by atoms with Crippen molar-refractivity contribution in [2.75, 3.05) is 24.5 Å². The molecule has 3 heterocycles. The summed E-state index contributed by atoms with van der Waals surface area (Å²) in [4.78, 5) is 22.6. The molecular weight excluding hydrogens is 472 g/mol. The summed E-state index contributed by atoms with van der Waals surface area (Å²) in [5.41, 5.74) is 4.28. The molecule has 0 aliphatic carbocycles. The van der Waals surface area contributed by atoms with Gasteiger partial charge in [0.2, 0.25) is 5.95 Å². The van der Waals surface area contributed by atoms with Crippen LogP contribution in [0.3, 0.4) is 0 Å². The zero-order chi connectivity index (χ0) is 24.8. The van der Waals surface area contributed by atoms with Gasteiger partial charge in [0.25, 0.3) is 5.91 Å². The van der Waals surface area contributed by atoms with Crippen LogP contribution in [-0.2, 0) is 0 Å². The number of carbonyl (C=O) groups is 1. The molecule has 1 amide bonds. The second-order valence-corrected chi connectivity index (χ2v) is 9.66. The molecule has 8 heteroatoms. The van der Waals surface area contributed by atoms with E-state index in [1.54, 1.807) is 0 Å². The Morgan fingerprint density at radius 2 is 1.69 bits per heavy atom. The molecule has 1 saturated heterocycles. The molecule has 1 aliphatic rings. The van der Waals surface area contributed by atoms with Crippen molar-refractivity contribution in [2.24, 2.45) is 0 Å². The molecule has 0 saturated carbocycles. The number of carbonyl (C=O) groups excluding carboxylic acids is 1. The predicted octanol–water partition coefficient (Wildman–Crippen LogP) is 5.26. The molecule has 0 bridgehead atoms. The maximum Gasteiger partial charge on any atom is 0.254 e. The van der Waals surface area contributed by atoms with Crippen LogP contribution in [0.4, 0.5) is 5.95 Å². The van der Waals surface area contributed by atoms with Gasteiger partial charge in [0, 0.05) is 47.2 Å². The van der Waals surface area contributed by atoms with Gasteiger partial charge in [-0.15, -0.1) is 10.2 Å². The quantitative estimate of drug-likeness (QED) is 0.341. The van der Waals surface area contributed by atoms with E-state index in [9.17, 15) is 4.79 Å². The summed E-state index contributed by atoms with van der Waals surface area (Å²) in [6.07, 6.45) is 0. The Bertz CT molecular complexity index is 1600. The van der Waals surface area contributed by atoms with Gasteiger partial charge in [-0.1, -0.05) is 41.9 Å². The van der Waals surface area contributed by atoms with Crippen LogP contribution in [0.15, 0.2) is 72.8 Å². The Morgan fingerprint density at radius 1 is 0.944 bits per heavy atom. The number of anilines is 1. The monoisotopic (exact) mass is 496 g/mol. The van der Waals surface area contributed by atoms with E-state index >= 15 is 0 Å². The lowest BCUT2D eigenvalue weighted by atomic mass is 10.1. The van der Waals surface area contributed by atoms with E-state index in [-0.39, 0.29) is 11.9 Å². The molecule has 5 aromatic rings. The Balaban J connectivity index is 1.41. The molecule has 3 aromatic carbocycles. The SMILES string of the molecule is Cc1ccccc1C(=O)N1CCN(c2nc3ccccc3c3nnc(-c4ccc(Cl)cc4)n23)C[C@H]1C. The molecule has 1 aliphatic heterocycles. The highest BCUT2D eigenvalue weighted by atomic mass is 35.5. The van der Waals surface area contributed by atoms with Gasteiger partial charge in [-0.25, -0.2) is 9.38 Å². The number of nitrogens with zero attached hydrogens (tertiary/aromatic N) is 6. The zero-order valence-corrected chi connectivity index (χ0v) is 20.9. The van der Waals surface area contributed by atoms with Crippen LogP contribution in [0.25, 0.3) is 27.9 Å². The van der Waals surface area contributed by atoms with Crippen molar-refractivity contribution in [1.29, 1.82) is 0 Å². The first-order valence-electron chi connectivity index (χ1n) is 12.0. The normalized spacial score (nSPS) is 16.1. The fraction of sp³-hybridized carbons (Fsp3) is 0.214. The standard InChI is InChI=1S/C28H25ClN6O/c1-18-7-3-4-8-22(18)27(36)34-16-15-33(17-19(34)2)28-30-24-10-6-5-9-23(24)26-32-31-25(35(26)28)20-11-13-21(29)14-12-20/h3-14,19H,15-17H2,1-2H3/t19-/m1/s1. The molecule has 6 rings (SSSR count). The van der Waals surface area contributed by atoms with Gasteiger partial charge in [0.15, 0.2) is 11.5 Å². The molecule has 1 fully saturated rings. The number of piperazine rings is 1. The first kappa shape index (κ1) is 22.5. The second-order valence-electron chi connectivity index (χ2n) is 9.23. The van der Waals surface area contributed by atoms with E-state index < -0.39 is 0 Å².